The van der Waals surface area contributed by atoms with Gasteiger partial charge in [-0.25, -0.2) is 4.98 Å². The number of aromatic nitrogens is 2. The molecule has 0 radical (unpaired) electrons. The lowest BCUT2D eigenvalue weighted by molar-refractivity contribution is -0.149. The fraction of sp³-hybridized carbons (Fsp3) is 0.750. The Morgan fingerprint density at radius 3 is 2.90 bits per heavy atom. The molecule has 0 saturated carbocycles. The molecule has 112 valence electrons. The van der Waals surface area contributed by atoms with Crippen LogP contribution < -0.4 is 5.32 Å². The van der Waals surface area contributed by atoms with Crippen molar-refractivity contribution in [3.05, 3.63) is 17.2 Å². The second kappa shape index (κ2) is 5.34. The molecule has 20 heavy (non-hydrogen) atoms. The zero-order valence-electron chi connectivity index (χ0n) is 10.9. The number of fused-ring (bicyclic) bond motifs is 1. The van der Waals surface area contributed by atoms with Gasteiger partial charge in [-0.2, -0.15) is 13.2 Å². The molecular formula is C12H16F3N3O2. The molecule has 8 heteroatoms. The molecular weight excluding hydrogens is 275 g/mol. The van der Waals surface area contributed by atoms with Crippen molar-refractivity contribution in [3.63, 3.8) is 0 Å². The summed E-state index contributed by atoms with van der Waals surface area (Å²) in [5.74, 6) is -0.833. The highest BCUT2D eigenvalue weighted by Crippen LogP contribution is 2.31. The van der Waals surface area contributed by atoms with Gasteiger partial charge in [-0.15, -0.1) is 0 Å². The van der Waals surface area contributed by atoms with Crippen LogP contribution in [0, 0.1) is 0 Å². The largest absolute Gasteiger partial charge is 0.449 e. The number of hydrogen-bond donors (Lipinski definition) is 1. The Hall–Kier alpha value is -1.12. The predicted molar refractivity (Wildman–Crippen MR) is 63.2 cm³/mol. The minimum absolute atomic E-state index is 0.136. The number of rotatable bonds is 2. The quantitative estimate of drug-likeness (QED) is 0.882. The van der Waals surface area contributed by atoms with Crippen molar-refractivity contribution in [2.75, 3.05) is 26.4 Å². The number of nitrogens with zero attached hydrogens (tertiary/aromatic N) is 2. The van der Waals surface area contributed by atoms with E-state index in [1.54, 1.807) is 0 Å². The minimum Gasteiger partial charge on any atom is -0.376 e. The highest BCUT2D eigenvalue weighted by molar-refractivity contribution is 5.21. The Morgan fingerprint density at radius 2 is 2.20 bits per heavy atom. The first-order valence-corrected chi connectivity index (χ1v) is 6.61. The zero-order valence-corrected chi connectivity index (χ0v) is 10.9. The Bertz CT molecular complexity index is 481. The molecule has 5 nitrogen and oxygen atoms in total. The van der Waals surface area contributed by atoms with Gasteiger partial charge in [0.1, 0.15) is 0 Å². The standard InChI is InChI=1S/C12H16F3N3O2/c13-12(14,15)11-17-9-5-16-2-1-10(9)18(11)6-8-7-19-3-4-20-8/h8,16H,1-7H2. The Morgan fingerprint density at radius 1 is 1.35 bits per heavy atom. The Kier molecular flexibility index (Phi) is 3.70. The van der Waals surface area contributed by atoms with E-state index in [0.29, 0.717) is 50.7 Å². The molecule has 1 unspecified atom stereocenters. The maximum absolute atomic E-state index is 13.1. The summed E-state index contributed by atoms with van der Waals surface area (Å²) in [6.45, 7) is 2.42. The molecule has 0 aromatic carbocycles. The third-order valence-electron chi connectivity index (χ3n) is 3.51. The van der Waals surface area contributed by atoms with Crippen molar-refractivity contribution in [3.8, 4) is 0 Å². The first-order valence-electron chi connectivity index (χ1n) is 6.61. The molecule has 1 atom stereocenters. The number of ether oxygens (including phenoxy) is 2. The summed E-state index contributed by atoms with van der Waals surface area (Å²) >= 11 is 0. The van der Waals surface area contributed by atoms with Crippen LogP contribution in [0.15, 0.2) is 0 Å². The van der Waals surface area contributed by atoms with E-state index in [-0.39, 0.29) is 12.6 Å². The van der Waals surface area contributed by atoms with Crippen molar-refractivity contribution in [1.29, 1.82) is 0 Å². The van der Waals surface area contributed by atoms with Crippen LogP contribution in [0.2, 0.25) is 0 Å². The summed E-state index contributed by atoms with van der Waals surface area (Å²) in [6.07, 6.45) is -4.25. The van der Waals surface area contributed by atoms with Crippen LogP contribution in [0.5, 0.6) is 0 Å². The van der Waals surface area contributed by atoms with Crippen LogP contribution >= 0.6 is 0 Å². The molecule has 3 heterocycles. The number of halogens is 3. The lowest BCUT2D eigenvalue weighted by atomic mass is 10.2. The van der Waals surface area contributed by atoms with Crippen molar-refractivity contribution < 1.29 is 22.6 Å². The fourth-order valence-corrected chi connectivity index (χ4v) is 2.63. The highest BCUT2D eigenvalue weighted by atomic mass is 19.4. The number of imidazole rings is 1. The second-order valence-corrected chi connectivity index (χ2v) is 4.93. The summed E-state index contributed by atoms with van der Waals surface area (Å²) < 4.78 is 51.3. The Balaban J connectivity index is 1.91. The van der Waals surface area contributed by atoms with E-state index < -0.39 is 12.0 Å². The van der Waals surface area contributed by atoms with Crippen LogP contribution in [0.3, 0.4) is 0 Å². The van der Waals surface area contributed by atoms with Crippen LogP contribution in [-0.2, 0) is 35.2 Å². The topological polar surface area (TPSA) is 48.3 Å². The molecule has 0 bridgehead atoms. The molecule has 1 fully saturated rings. The number of hydrogen-bond acceptors (Lipinski definition) is 4. The molecule has 1 N–H and O–H groups in total. The van der Waals surface area contributed by atoms with Crippen molar-refractivity contribution in [2.24, 2.45) is 0 Å². The SMILES string of the molecule is FC(F)(F)c1nc2c(n1CC1COCCO1)CCNC2. The van der Waals surface area contributed by atoms with Gasteiger partial charge in [0.05, 0.1) is 38.2 Å². The summed E-state index contributed by atoms with van der Waals surface area (Å²) in [5.41, 5.74) is 1.14. The molecule has 0 amide bonds. The average molecular weight is 291 g/mol. The van der Waals surface area contributed by atoms with Crippen molar-refractivity contribution in [1.82, 2.24) is 14.9 Å². The predicted octanol–water partition coefficient (Wildman–Crippen LogP) is 0.963. The molecule has 3 rings (SSSR count). The monoisotopic (exact) mass is 291 g/mol. The van der Waals surface area contributed by atoms with E-state index in [0.717, 1.165) is 0 Å². The summed E-state index contributed by atoms with van der Waals surface area (Å²) in [4.78, 5) is 3.77. The van der Waals surface area contributed by atoms with Crippen LogP contribution in [-0.4, -0.2) is 42.0 Å². The van der Waals surface area contributed by atoms with Crippen LogP contribution in [0.1, 0.15) is 17.2 Å². The zero-order chi connectivity index (χ0) is 14.2. The van der Waals surface area contributed by atoms with Crippen molar-refractivity contribution >= 4 is 0 Å². The van der Waals surface area contributed by atoms with Gasteiger partial charge >= 0.3 is 6.18 Å². The summed E-state index contributed by atoms with van der Waals surface area (Å²) in [7, 11) is 0. The van der Waals surface area contributed by atoms with Gasteiger partial charge in [-0.3, -0.25) is 0 Å². The molecule has 2 aliphatic heterocycles. The first-order chi connectivity index (χ1) is 9.55. The maximum Gasteiger partial charge on any atom is 0.449 e. The van der Waals surface area contributed by atoms with Gasteiger partial charge in [0.2, 0.25) is 5.82 Å². The van der Waals surface area contributed by atoms with Gasteiger partial charge in [0, 0.05) is 25.2 Å². The van der Waals surface area contributed by atoms with Crippen LogP contribution in [0.25, 0.3) is 0 Å². The van der Waals surface area contributed by atoms with Gasteiger partial charge < -0.3 is 19.4 Å². The maximum atomic E-state index is 13.1. The normalized spacial score (nSPS) is 23.6. The molecule has 0 spiro atoms. The average Bonchev–Trinajstić information content (AvgIpc) is 2.79. The minimum atomic E-state index is -4.45. The molecule has 0 aliphatic carbocycles. The Labute approximate surface area is 114 Å². The smallest absolute Gasteiger partial charge is 0.376 e. The number of nitrogens with one attached hydrogen (secondary N) is 1. The van der Waals surface area contributed by atoms with Gasteiger partial charge in [-0.1, -0.05) is 0 Å². The van der Waals surface area contributed by atoms with Gasteiger partial charge in [-0.05, 0) is 0 Å². The van der Waals surface area contributed by atoms with E-state index in [9.17, 15) is 13.2 Å². The highest BCUT2D eigenvalue weighted by Gasteiger charge is 2.39. The number of alkyl halides is 3. The van der Waals surface area contributed by atoms with Gasteiger partial charge in [0.15, 0.2) is 0 Å². The second-order valence-electron chi connectivity index (χ2n) is 4.93. The summed E-state index contributed by atoms with van der Waals surface area (Å²) in [5, 5.41) is 3.04. The van der Waals surface area contributed by atoms with E-state index in [2.05, 4.69) is 10.3 Å². The third kappa shape index (κ3) is 2.68. The third-order valence-corrected chi connectivity index (χ3v) is 3.51. The first kappa shape index (κ1) is 13.8. The van der Waals surface area contributed by atoms with Crippen LogP contribution in [0.4, 0.5) is 13.2 Å². The molecule has 1 aromatic rings. The van der Waals surface area contributed by atoms with E-state index >= 15 is 0 Å². The lowest BCUT2D eigenvalue weighted by Crippen LogP contribution is -2.34. The molecule has 1 saturated heterocycles. The van der Waals surface area contributed by atoms with E-state index in [1.165, 1.54) is 4.57 Å². The molecule has 1 aromatic heterocycles. The van der Waals surface area contributed by atoms with E-state index in [4.69, 9.17) is 9.47 Å². The van der Waals surface area contributed by atoms with Crippen molar-refractivity contribution in [2.45, 2.75) is 31.8 Å². The molecule has 2 aliphatic rings. The summed E-state index contributed by atoms with van der Waals surface area (Å²) in [6, 6.07) is 0. The lowest BCUT2D eigenvalue weighted by Gasteiger charge is -2.25. The van der Waals surface area contributed by atoms with Gasteiger partial charge in [0.25, 0.3) is 0 Å². The van der Waals surface area contributed by atoms with E-state index in [1.807, 2.05) is 0 Å². The fourth-order valence-electron chi connectivity index (χ4n) is 2.63.